The summed E-state index contributed by atoms with van der Waals surface area (Å²) in [5.41, 5.74) is 13.9. The SMILES string of the molecule is COC(=O)[C@@]1(OC[C@H]2O[C@H](OC[C@H](NC(=O)OCC3c4ccccc4-c4ccccc43)C(=O)OCc3ccccc3)[C@H](N=[N+]=[N-])[C@@H](O)[C@H]2O)C[C@H](OC(C)=O)[C@@H](NC(C)=O)[C@H]([C@H](OC(C)=O)[C@@H](COC(C)=O)OC(C)=O)O1. The number of hydrogen-bond acceptors (Lipinski definition) is 22. The van der Waals surface area contributed by atoms with Crippen LogP contribution in [0.4, 0.5) is 4.79 Å². The molecule has 0 aromatic heterocycles. The summed E-state index contributed by atoms with van der Waals surface area (Å²) in [6.07, 6.45) is -16.7. The Kier molecular flexibility index (Phi) is 20.4. The molecule has 12 atom stereocenters. The molecule has 0 spiro atoms. The number of aliphatic hydroxyl groups is 2. The van der Waals surface area contributed by atoms with Crippen LogP contribution in [0.3, 0.4) is 0 Å². The molecule has 3 aliphatic rings. The Morgan fingerprint density at radius 1 is 0.779 bits per heavy atom. The standard InChI is InChI=1S/C51H59N5O21/c1-26(57)53-41-38(73-28(3)59)20-51(49(65)67-6,77-46(41)45(75-30(5)61)40(74-29(4)60)24-68-27(2)58)72-25-39-43(62)44(63)42(55-56-52)48(76-39)70-23-37(47(64)69-21-31-14-8-7-9-15-31)54-50(66)71-22-36-34-18-12-10-16-32(34)33-17-11-13-19-35(33)36/h7-19,36-46,48,62-63H,20-25H2,1-6H3,(H,53,57)(H,54,66)/t37-,38-,39+,40+,41+,42+,43-,44+,45+,46+,48-,51+/m0/s1. The minimum Gasteiger partial charge on any atom is -0.465 e. The van der Waals surface area contributed by atoms with Crippen LogP contribution in [0.25, 0.3) is 21.6 Å². The maximum absolute atomic E-state index is 14.0. The number of amides is 2. The fraction of sp³-hybridized carbons (Fsp3) is 0.490. The summed E-state index contributed by atoms with van der Waals surface area (Å²) < 4.78 is 62.3. The summed E-state index contributed by atoms with van der Waals surface area (Å²) >= 11 is 0. The van der Waals surface area contributed by atoms with Crippen LogP contribution in [0, 0.1) is 0 Å². The Morgan fingerprint density at radius 2 is 1.42 bits per heavy atom. The summed E-state index contributed by atoms with van der Waals surface area (Å²) in [5, 5.41) is 31.4. The Hall–Kier alpha value is -7.71. The topological polar surface area (TPSA) is 351 Å². The molecule has 26 heteroatoms. The molecule has 0 saturated carbocycles. The van der Waals surface area contributed by atoms with Gasteiger partial charge >= 0.3 is 41.9 Å². The van der Waals surface area contributed by atoms with Gasteiger partial charge in [0.1, 0.15) is 50.3 Å². The van der Waals surface area contributed by atoms with Gasteiger partial charge < -0.3 is 73.0 Å². The van der Waals surface area contributed by atoms with Crippen molar-refractivity contribution >= 4 is 47.8 Å². The fourth-order valence-corrected chi connectivity index (χ4v) is 9.11. The Morgan fingerprint density at radius 3 is 2.00 bits per heavy atom. The monoisotopic (exact) mass is 1080 g/mol. The Balaban J connectivity index is 1.27. The third-order valence-corrected chi connectivity index (χ3v) is 12.4. The van der Waals surface area contributed by atoms with E-state index >= 15 is 0 Å². The first-order valence-electron chi connectivity index (χ1n) is 24.1. The number of nitrogens with zero attached hydrogens (tertiary/aromatic N) is 3. The molecule has 6 rings (SSSR count). The first kappa shape index (κ1) is 58.5. The predicted molar refractivity (Wildman–Crippen MR) is 259 cm³/mol. The number of azide groups is 1. The van der Waals surface area contributed by atoms with E-state index in [2.05, 4.69) is 20.7 Å². The first-order valence-corrected chi connectivity index (χ1v) is 24.1. The maximum atomic E-state index is 14.0. The molecule has 2 saturated heterocycles. The van der Waals surface area contributed by atoms with Crippen molar-refractivity contribution in [3.05, 3.63) is 106 Å². The van der Waals surface area contributed by atoms with Gasteiger partial charge in [0.15, 0.2) is 24.5 Å². The van der Waals surface area contributed by atoms with Gasteiger partial charge in [0.25, 0.3) is 5.79 Å². The second-order valence-corrected chi connectivity index (χ2v) is 17.9. The number of esters is 6. The van der Waals surface area contributed by atoms with Gasteiger partial charge in [-0.1, -0.05) is 84.0 Å². The molecule has 0 radical (unpaired) electrons. The molecule has 3 aromatic rings. The van der Waals surface area contributed by atoms with E-state index in [0.29, 0.717) is 5.56 Å². The minimum atomic E-state index is -2.79. The lowest BCUT2D eigenvalue weighted by atomic mass is 9.87. The lowest BCUT2D eigenvalue weighted by Crippen LogP contribution is -2.69. The van der Waals surface area contributed by atoms with Crippen LogP contribution in [-0.2, 0) is 92.3 Å². The van der Waals surface area contributed by atoms with Crippen molar-refractivity contribution in [3.8, 4) is 11.1 Å². The van der Waals surface area contributed by atoms with Crippen LogP contribution in [-0.4, -0.2) is 164 Å². The average molecular weight is 1080 g/mol. The third-order valence-electron chi connectivity index (χ3n) is 12.4. The van der Waals surface area contributed by atoms with Crippen molar-refractivity contribution in [1.82, 2.24) is 10.6 Å². The number of alkyl carbamates (subject to hydrolysis) is 1. The van der Waals surface area contributed by atoms with E-state index in [1.807, 2.05) is 48.5 Å². The van der Waals surface area contributed by atoms with E-state index in [1.54, 1.807) is 30.3 Å². The third kappa shape index (κ3) is 15.0. The molecule has 3 aromatic carbocycles. The molecule has 2 heterocycles. The summed E-state index contributed by atoms with van der Waals surface area (Å²) in [6, 6.07) is 18.9. The van der Waals surface area contributed by atoms with Crippen LogP contribution in [0.5, 0.6) is 0 Å². The second-order valence-electron chi connectivity index (χ2n) is 17.9. The molecule has 1 aliphatic carbocycles. The molecule has 4 N–H and O–H groups in total. The zero-order valence-corrected chi connectivity index (χ0v) is 42.7. The maximum Gasteiger partial charge on any atom is 0.407 e. The van der Waals surface area contributed by atoms with Crippen molar-refractivity contribution in [2.24, 2.45) is 5.11 Å². The van der Waals surface area contributed by atoms with E-state index in [9.17, 15) is 54.1 Å². The van der Waals surface area contributed by atoms with Gasteiger partial charge in [-0.05, 0) is 33.3 Å². The molecule has 2 aliphatic heterocycles. The van der Waals surface area contributed by atoms with Crippen LogP contribution in [0.15, 0.2) is 84.0 Å². The largest absolute Gasteiger partial charge is 0.465 e. The molecule has 2 amide bonds. The van der Waals surface area contributed by atoms with Gasteiger partial charge in [-0.25, -0.2) is 14.4 Å². The van der Waals surface area contributed by atoms with Gasteiger partial charge in [0.05, 0.1) is 38.9 Å². The quantitative estimate of drug-likeness (QED) is 0.0369. The number of hydrogen-bond donors (Lipinski definition) is 4. The highest BCUT2D eigenvalue weighted by Crippen LogP contribution is 2.45. The Bertz CT molecular complexity index is 2620. The Labute approximate surface area is 440 Å². The summed E-state index contributed by atoms with van der Waals surface area (Å²) in [6.45, 7) is 2.12. The lowest BCUT2D eigenvalue weighted by Gasteiger charge is -2.49. The molecule has 2 fully saturated rings. The number of benzene rings is 3. The number of carbonyl (C=O) groups is 8. The number of methoxy groups -OCH3 is 1. The number of fused-ring (bicyclic) bond motifs is 3. The van der Waals surface area contributed by atoms with E-state index in [4.69, 9.17) is 52.1 Å². The summed E-state index contributed by atoms with van der Waals surface area (Å²) in [7, 11) is 0.917. The highest BCUT2D eigenvalue weighted by molar-refractivity contribution is 5.82. The summed E-state index contributed by atoms with van der Waals surface area (Å²) in [4.78, 5) is 107. The molecule has 77 heavy (non-hydrogen) atoms. The number of ether oxygens (including phenoxy) is 11. The zero-order chi connectivity index (χ0) is 56.0. The molecule has 414 valence electrons. The normalized spacial score (nSPS) is 24.6. The molecule has 0 unspecified atom stereocenters. The van der Waals surface area contributed by atoms with Crippen LogP contribution in [0.2, 0.25) is 0 Å². The van der Waals surface area contributed by atoms with Gasteiger partial charge in [0.2, 0.25) is 5.91 Å². The number of nitrogens with one attached hydrogen (secondary N) is 2. The number of rotatable bonds is 22. The average Bonchev–Trinajstić information content (AvgIpc) is 3.72. The van der Waals surface area contributed by atoms with Crippen molar-refractivity contribution in [1.29, 1.82) is 0 Å². The minimum absolute atomic E-state index is 0.137. The lowest BCUT2D eigenvalue weighted by molar-refractivity contribution is -0.331. The number of carbonyl (C=O) groups excluding carboxylic acids is 8. The van der Waals surface area contributed by atoms with Crippen molar-refractivity contribution in [3.63, 3.8) is 0 Å². The second kappa shape index (κ2) is 26.9. The van der Waals surface area contributed by atoms with E-state index < -0.39 is 147 Å². The smallest absolute Gasteiger partial charge is 0.407 e. The van der Waals surface area contributed by atoms with Crippen LogP contribution in [0.1, 0.15) is 63.6 Å². The molecule has 26 nitrogen and oxygen atoms in total. The molecular formula is C51H59N5O21. The van der Waals surface area contributed by atoms with E-state index in [-0.39, 0.29) is 19.1 Å². The highest BCUT2D eigenvalue weighted by atomic mass is 16.8. The van der Waals surface area contributed by atoms with Gasteiger partial charge in [0, 0.05) is 45.4 Å². The van der Waals surface area contributed by atoms with Crippen molar-refractivity contribution < 1.29 is 101 Å². The van der Waals surface area contributed by atoms with Gasteiger partial charge in [-0.3, -0.25) is 24.0 Å². The fourth-order valence-electron chi connectivity index (χ4n) is 9.11. The van der Waals surface area contributed by atoms with E-state index in [0.717, 1.165) is 64.0 Å². The predicted octanol–water partition coefficient (Wildman–Crippen LogP) is 2.32. The van der Waals surface area contributed by atoms with Crippen molar-refractivity contribution in [2.45, 2.75) is 126 Å². The zero-order valence-electron chi connectivity index (χ0n) is 42.7. The highest BCUT2D eigenvalue weighted by Gasteiger charge is 2.60. The van der Waals surface area contributed by atoms with Gasteiger partial charge in [-0.15, -0.1) is 0 Å². The number of aliphatic hydroxyl groups excluding tert-OH is 2. The van der Waals surface area contributed by atoms with Crippen LogP contribution >= 0.6 is 0 Å². The van der Waals surface area contributed by atoms with Crippen molar-refractivity contribution in [2.75, 3.05) is 33.5 Å². The van der Waals surface area contributed by atoms with E-state index in [1.165, 1.54) is 0 Å². The summed E-state index contributed by atoms with van der Waals surface area (Å²) in [5.74, 6) is -10.1. The van der Waals surface area contributed by atoms with Crippen LogP contribution < -0.4 is 10.6 Å². The molecule has 0 bridgehead atoms. The van der Waals surface area contributed by atoms with Gasteiger partial charge in [-0.2, -0.15) is 0 Å². The first-order chi connectivity index (χ1) is 36.7. The molecular weight excluding hydrogens is 1020 g/mol.